The highest BCUT2D eigenvalue weighted by molar-refractivity contribution is 7.90. The molecule has 6 nitrogen and oxygen atoms in total. The molecule has 0 spiro atoms. The number of nitrogens with zero attached hydrogens (tertiary/aromatic N) is 2. The lowest BCUT2D eigenvalue weighted by Gasteiger charge is -2.33. The Balaban J connectivity index is 0.00000361. The van der Waals surface area contributed by atoms with Gasteiger partial charge in [-0.2, -0.15) is 0 Å². The number of carbonyl (C=O) groups is 1. The van der Waals surface area contributed by atoms with E-state index in [0.717, 1.165) is 19.3 Å². The van der Waals surface area contributed by atoms with Crippen molar-refractivity contribution in [3.8, 4) is 0 Å². The molecule has 1 aliphatic heterocycles. The second kappa shape index (κ2) is 8.17. The second-order valence-corrected chi connectivity index (χ2v) is 7.62. The Morgan fingerprint density at radius 1 is 1.45 bits per heavy atom. The van der Waals surface area contributed by atoms with Crippen molar-refractivity contribution in [1.82, 2.24) is 9.21 Å². The average molecular weight is 328 g/mol. The van der Waals surface area contributed by atoms with Crippen molar-refractivity contribution in [2.75, 3.05) is 33.7 Å². The molecule has 0 bridgehead atoms. The first-order valence-corrected chi connectivity index (χ1v) is 8.21. The molecule has 20 heavy (non-hydrogen) atoms. The van der Waals surface area contributed by atoms with Crippen molar-refractivity contribution in [2.24, 2.45) is 11.7 Å². The summed E-state index contributed by atoms with van der Waals surface area (Å²) in [6, 6.07) is 0. The van der Waals surface area contributed by atoms with Crippen LogP contribution in [-0.2, 0) is 14.8 Å². The van der Waals surface area contributed by atoms with Crippen LogP contribution < -0.4 is 5.73 Å². The summed E-state index contributed by atoms with van der Waals surface area (Å²) >= 11 is 0. The van der Waals surface area contributed by atoms with Gasteiger partial charge in [0.05, 0.1) is 0 Å². The number of piperidine rings is 1. The lowest BCUT2D eigenvalue weighted by Crippen LogP contribution is -2.48. The van der Waals surface area contributed by atoms with Gasteiger partial charge in [0.25, 0.3) is 0 Å². The lowest BCUT2D eigenvalue weighted by molar-refractivity contribution is -0.128. The highest BCUT2D eigenvalue weighted by Crippen LogP contribution is 2.23. The first kappa shape index (κ1) is 19.6. The standard InChI is InChI=1S/C12H25N3O3S.ClH/c1-10(12(16)14(2)3)19(17,18)15-8-4-5-11(9-15)6-7-13;/h10-11H,4-9,13H2,1-3H3;1H. The number of nitrogens with two attached hydrogens (primary N) is 1. The maximum atomic E-state index is 12.4. The van der Waals surface area contributed by atoms with E-state index < -0.39 is 15.3 Å². The zero-order valence-electron chi connectivity index (χ0n) is 12.4. The Bertz CT molecular complexity index is 412. The normalized spacial score (nSPS) is 21.9. The number of sulfonamides is 1. The topological polar surface area (TPSA) is 83.7 Å². The Kier molecular flexibility index (Phi) is 8.01. The highest BCUT2D eigenvalue weighted by Gasteiger charge is 2.36. The number of halogens is 1. The quantitative estimate of drug-likeness (QED) is 0.786. The van der Waals surface area contributed by atoms with Crippen LogP contribution in [-0.4, -0.2) is 62.5 Å². The Morgan fingerprint density at radius 2 is 2.05 bits per heavy atom. The van der Waals surface area contributed by atoms with Crippen LogP contribution in [0.2, 0.25) is 0 Å². The zero-order chi connectivity index (χ0) is 14.6. The summed E-state index contributed by atoms with van der Waals surface area (Å²) in [4.78, 5) is 13.2. The number of rotatable bonds is 5. The van der Waals surface area contributed by atoms with E-state index in [1.807, 2.05) is 0 Å². The van der Waals surface area contributed by atoms with Crippen LogP contribution >= 0.6 is 12.4 Å². The van der Waals surface area contributed by atoms with Gasteiger partial charge in [0.1, 0.15) is 0 Å². The summed E-state index contributed by atoms with van der Waals surface area (Å²) in [6.07, 6.45) is 2.69. The Hall–Kier alpha value is -0.370. The van der Waals surface area contributed by atoms with Gasteiger partial charge >= 0.3 is 0 Å². The maximum absolute atomic E-state index is 12.4. The van der Waals surface area contributed by atoms with Crippen molar-refractivity contribution < 1.29 is 13.2 Å². The summed E-state index contributed by atoms with van der Waals surface area (Å²) in [5.41, 5.74) is 5.53. The fraction of sp³-hybridized carbons (Fsp3) is 0.917. The molecule has 1 heterocycles. The third-order valence-electron chi connectivity index (χ3n) is 3.65. The fourth-order valence-electron chi connectivity index (χ4n) is 2.44. The SMILES string of the molecule is CC(C(=O)N(C)C)S(=O)(=O)N1CCCC(CCN)C1.Cl. The van der Waals surface area contributed by atoms with E-state index in [2.05, 4.69) is 0 Å². The number of amides is 1. The first-order valence-electron chi connectivity index (χ1n) is 6.71. The maximum Gasteiger partial charge on any atom is 0.241 e. The molecule has 120 valence electrons. The average Bonchev–Trinajstić information content (AvgIpc) is 2.37. The van der Waals surface area contributed by atoms with Gasteiger partial charge < -0.3 is 10.6 Å². The predicted molar refractivity (Wildman–Crippen MR) is 82.3 cm³/mol. The molecule has 2 unspecified atom stereocenters. The van der Waals surface area contributed by atoms with E-state index >= 15 is 0 Å². The third-order valence-corrected chi connectivity index (χ3v) is 5.80. The summed E-state index contributed by atoms with van der Waals surface area (Å²) < 4.78 is 26.3. The van der Waals surface area contributed by atoms with Crippen LogP contribution in [0.1, 0.15) is 26.2 Å². The fourth-order valence-corrected chi connectivity index (χ4v) is 4.16. The molecule has 2 atom stereocenters. The van der Waals surface area contributed by atoms with E-state index in [0.29, 0.717) is 25.6 Å². The minimum absolute atomic E-state index is 0. The third kappa shape index (κ3) is 4.58. The zero-order valence-corrected chi connectivity index (χ0v) is 14.0. The van der Waals surface area contributed by atoms with Crippen LogP contribution in [0, 0.1) is 5.92 Å². The van der Waals surface area contributed by atoms with Crippen LogP contribution in [0.15, 0.2) is 0 Å². The molecule has 1 saturated heterocycles. The van der Waals surface area contributed by atoms with Gasteiger partial charge in [-0.3, -0.25) is 4.79 Å². The van der Waals surface area contributed by atoms with E-state index in [4.69, 9.17) is 5.73 Å². The minimum atomic E-state index is -3.56. The molecule has 0 radical (unpaired) electrons. The van der Waals surface area contributed by atoms with Crippen molar-refractivity contribution in [2.45, 2.75) is 31.4 Å². The Morgan fingerprint density at radius 3 is 2.55 bits per heavy atom. The minimum Gasteiger partial charge on any atom is -0.348 e. The Labute approximate surface area is 128 Å². The molecule has 0 aliphatic carbocycles. The molecular formula is C12H26ClN3O3S. The molecule has 1 amide bonds. The molecule has 1 aliphatic rings. The van der Waals surface area contributed by atoms with Crippen LogP contribution in [0.5, 0.6) is 0 Å². The first-order chi connectivity index (χ1) is 8.80. The van der Waals surface area contributed by atoms with Crippen LogP contribution in [0.4, 0.5) is 0 Å². The molecular weight excluding hydrogens is 302 g/mol. The lowest BCUT2D eigenvalue weighted by atomic mass is 9.96. The molecule has 8 heteroatoms. The largest absolute Gasteiger partial charge is 0.348 e. The van der Waals surface area contributed by atoms with Gasteiger partial charge in [-0.05, 0) is 38.6 Å². The summed E-state index contributed by atoms with van der Waals surface area (Å²) in [7, 11) is -0.414. The van der Waals surface area contributed by atoms with Gasteiger partial charge in [-0.15, -0.1) is 12.4 Å². The van der Waals surface area contributed by atoms with E-state index in [-0.39, 0.29) is 18.3 Å². The summed E-state index contributed by atoms with van der Waals surface area (Å²) in [5.74, 6) is -0.0591. The van der Waals surface area contributed by atoms with Crippen molar-refractivity contribution in [1.29, 1.82) is 0 Å². The molecule has 1 fully saturated rings. The molecule has 1 rings (SSSR count). The monoisotopic (exact) mass is 327 g/mol. The summed E-state index contributed by atoms with van der Waals surface area (Å²) in [6.45, 7) is 3.04. The van der Waals surface area contributed by atoms with Gasteiger partial charge in [0.2, 0.25) is 15.9 Å². The number of carbonyl (C=O) groups excluding carboxylic acids is 1. The second-order valence-electron chi connectivity index (χ2n) is 5.36. The van der Waals surface area contributed by atoms with Crippen molar-refractivity contribution in [3.05, 3.63) is 0 Å². The number of hydrogen-bond donors (Lipinski definition) is 1. The molecule has 0 aromatic carbocycles. The smallest absolute Gasteiger partial charge is 0.241 e. The predicted octanol–water partition coefficient (Wildman–Crippen LogP) is 0.276. The van der Waals surface area contributed by atoms with Gasteiger partial charge in [0, 0.05) is 27.2 Å². The van der Waals surface area contributed by atoms with Crippen molar-refractivity contribution >= 4 is 28.3 Å². The van der Waals surface area contributed by atoms with Crippen LogP contribution in [0.3, 0.4) is 0 Å². The summed E-state index contributed by atoms with van der Waals surface area (Å²) in [5, 5.41) is -1.01. The van der Waals surface area contributed by atoms with E-state index in [1.165, 1.54) is 16.1 Å². The molecule has 0 aromatic heterocycles. The van der Waals surface area contributed by atoms with Gasteiger partial charge in [-0.25, -0.2) is 12.7 Å². The van der Waals surface area contributed by atoms with Gasteiger partial charge in [0.15, 0.2) is 5.25 Å². The van der Waals surface area contributed by atoms with E-state index in [1.54, 1.807) is 14.1 Å². The van der Waals surface area contributed by atoms with Gasteiger partial charge in [-0.1, -0.05) is 0 Å². The molecule has 0 aromatic rings. The highest BCUT2D eigenvalue weighted by atomic mass is 35.5. The van der Waals surface area contributed by atoms with Crippen molar-refractivity contribution in [3.63, 3.8) is 0 Å². The number of hydrogen-bond acceptors (Lipinski definition) is 4. The van der Waals surface area contributed by atoms with Crippen LogP contribution in [0.25, 0.3) is 0 Å². The van der Waals surface area contributed by atoms with E-state index in [9.17, 15) is 13.2 Å². The molecule has 2 N–H and O–H groups in total. The molecule has 0 saturated carbocycles.